The summed E-state index contributed by atoms with van der Waals surface area (Å²) in [5.41, 5.74) is 1.44. The zero-order chi connectivity index (χ0) is 14.0. The van der Waals surface area contributed by atoms with Crippen molar-refractivity contribution in [3.63, 3.8) is 0 Å². The van der Waals surface area contributed by atoms with Crippen molar-refractivity contribution in [1.82, 2.24) is 10.3 Å². The maximum atomic E-state index is 4.83. The van der Waals surface area contributed by atoms with Gasteiger partial charge in [-0.1, -0.05) is 34.6 Å². The molecule has 0 radical (unpaired) electrons. The van der Waals surface area contributed by atoms with Crippen molar-refractivity contribution in [2.75, 3.05) is 6.54 Å². The molecule has 1 saturated carbocycles. The Morgan fingerprint density at radius 3 is 2.47 bits per heavy atom. The zero-order valence-corrected chi connectivity index (χ0v) is 13.8. The molecule has 3 heteroatoms. The summed E-state index contributed by atoms with van der Waals surface area (Å²) in [6.07, 6.45) is 3.96. The van der Waals surface area contributed by atoms with Crippen LogP contribution in [0.15, 0.2) is 5.38 Å². The van der Waals surface area contributed by atoms with Crippen molar-refractivity contribution >= 4 is 11.3 Å². The minimum absolute atomic E-state index is 0.187. The van der Waals surface area contributed by atoms with Crippen molar-refractivity contribution in [3.8, 4) is 0 Å². The average molecular weight is 280 g/mol. The summed E-state index contributed by atoms with van der Waals surface area (Å²) in [6.45, 7) is 12.4. The molecule has 0 amide bonds. The molecular formula is C16H28N2S. The molecule has 1 fully saturated rings. The first-order chi connectivity index (χ1) is 8.86. The first kappa shape index (κ1) is 15.0. The fraction of sp³-hybridized carbons (Fsp3) is 0.812. The van der Waals surface area contributed by atoms with E-state index in [1.54, 1.807) is 0 Å². The lowest BCUT2D eigenvalue weighted by molar-refractivity contribution is 0.167. The maximum Gasteiger partial charge on any atom is 0.0931 e. The first-order valence-electron chi connectivity index (χ1n) is 7.54. The van der Waals surface area contributed by atoms with Crippen LogP contribution < -0.4 is 5.32 Å². The van der Waals surface area contributed by atoms with Gasteiger partial charge in [-0.3, -0.25) is 0 Å². The maximum absolute atomic E-state index is 4.83. The Morgan fingerprint density at radius 1 is 1.32 bits per heavy atom. The standard InChI is InChI=1S/C16H28N2S/c1-11(2)17-9-13-7-6-12(13)8-15-18-14(10-19-15)16(3,4)5/h10-13,17H,6-9H2,1-5H3. The molecule has 1 aromatic heterocycles. The van der Waals surface area contributed by atoms with Gasteiger partial charge in [0.25, 0.3) is 0 Å². The highest BCUT2D eigenvalue weighted by molar-refractivity contribution is 7.09. The second kappa shape index (κ2) is 5.92. The summed E-state index contributed by atoms with van der Waals surface area (Å²) in [4.78, 5) is 4.83. The molecular weight excluding hydrogens is 252 g/mol. The molecule has 108 valence electrons. The van der Waals surface area contributed by atoms with E-state index in [1.807, 2.05) is 11.3 Å². The second-order valence-electron chi connectivity index (χ2n) is 7.24. The molecule has 2 unspecified atom stereocenters. The molecule has 0 saturated heterocycles. The van der Waals surface area contributed by atoms with Gasteiger partial charge in [-0.25, -0.2) is 4.98 Å². The Labute approximate surface area is 122 Å². The molecule has 19 heavy (non-hydrogen) atoms. The lowest BCUT2D eigenvalue weighted by Crippen LogP contribution is -2.38. The summed E-state index contributed by atoms with van der Waals surface area (Å²) in [6, 6.07) is 0.605. The number of nitrogens with zero attached hydrogens (tertiary/aromatic N) is 1. The number of hydrogen-bond acceptors (Lipinski definition) is 3. The van der Waals surface area contributed by atoms with E-state index in [-0.39, 0.29) is 5.41 Å². The number of rotatable bonds is 5. The van der Waals surface area contributed by atoms with E-state index in [2.05, 4.69) is 45.3 Å². The Kier molecular flexibility index (Phi) is 4.67. The van der Waals surface area contributed by atoms with Gasteiger partial charge in [0.15, 0.2) is 0 Å². The van der Waals surface area contributed by atoms with Crippen LogP contribution in [0.4, 0.5) is 0 Å². The van der Waals surface area contributed by atoms with Crippen LogP contribution in [0.2, 0.25) is 0 Å². The molecule has 0 bridgehead atoms. The van der Waals surface area contributed by atoms with Crippen molar-refractivity contribution in [2.45, 2.75) is 65.3 Å². The third kappa shape index (κ3) is 4.03. The second-order valence-corrected chi connectivity index (χ2v) is 8.18. The van der Waals surface area contributed by atoms with E-state index in [9.17, 15) is 0 Å². The highest BCUT2D eigenvalue weighted by atomic mass is 32.1. The highest BCUT2D eigenvalue weighted by Gasteiger charge is 2.31. The van der Waals surface area contributed by atoms with E-state index >= 15 is 0 Å². The van der Waals surface area contributed by atoms with Crippen molar-refractivity contribution in [3.05, 3.63) is 16.1 Å². The first-order valence-corrected chi connectivity index (χ1v) is 8.42. The number of aromatic nitrogens is 1. The number of nitrogens with one attached hydrogen (secondary N) is 1. The Hall–Kier alpha value is -0.410. The summed E-state index contributed by atoms with van der Waals surface area (Å²) >= 11 is 1.85. The predicted octanol–water partition coefficient (Wildman–Crippen LogP) is 4.01. The summed E-state index contributed by atoms with van der Waals surface area (Å²) in [5, 5.41) is 7.16. The Bertz CT molecular complexity index is 403. The van der Waals surface area contributed by atoms with Gasteiger partial charge in [-0.15, -0.1) is 11.3 Å². The van der Waals surface area contributed by atoms with Gasteiger partial charge >= 0.3 is 0 Å². The molecule has 2 nitrogen and oxygen atoms in total. The van der Waals surface area contributed by atoms with Gasteiger partial charge in [-0.05, 0) is 31.2 Å². The molecule has 0 spiro atoms. The summed E-state index contributed by atoms with van der Waals surface area (Å²) in [7, 11) is 0. The van der Waals surface area contributed by atoms with Crippen LogP contribution in [-0.2, 0) is 11.8 Å². The van der Waals surface area contributed by atoms with Crippen LogP contribution in [0.3, 0.4) is 0 Å². The fourth-order valence-electron chi connectivity index (χ4n) is 2.54. The monoisotopic (exact) mass is 280 g/mol. The van der Waals surface area contributed by atoms with Crippen LogP contribution in [-0.4, -0.2) is 17.6 Å². The third-order valence-electron chi connectivity index (χ3n) is 4.12. The van der Waals surface area contributed by atoms with Crippen LogP contribution in [0.1, 0.15) is 58.2 Å². The predicted molar refractivity (Wildman–Crippen MR) is 83.9 cm³/mol. The number of thiazole rings is 1. The largest absolute Gasteiger partial charge is 0.314 e. The normalized spacial score (nSPS) is 23.7. The molecule has 0 aliphatic heterocycles. The van der Waals surface area contributed by atoms with E-state index in [0.717, 1.165) is 11.8 Å². The van der Waals surface area contributed by atoms with E-state index in [1.165, 1.54) is 36.5 Å². The molecule has 0 aromatic carbocycles. The van der Waals surface area contributed by atoms with Gasteiger partial charge in [0.1, 0.15) is 0 Å². The van der Waals surface area contributed by atoms with Crippen molar-refractivity contribution in [2.24, 2.45) is 11.8 Å². The molecule has 1 aliphatic carbocycles. The summed E-state index contributed by atoms with van der Waals surface area (Å²) < 4.78 is 0. The minimum Gasteiger partial charge on any atom is -0.314 e. The molecule has 1 N–H and O–H groups in total. The minimum atomic E-state index is 0.187. The Morgan fingerprint density at radius 2 is 2.00 bits per heavy atom. The van der Waals surface area contributed by atoms with Crippen LogP contribution in [0, 0.1) is 11.8 Å². The summed E-state index contributed by atoms with van der Waals surface area (Å²) in [5.74, 6) is 1.72. The van der Waals surface area contributed by atoms with E-state index < -0.39 is 0 Å². The SMILES string of the molecule is CC(C)NCC1CCC1Cc1nc(C(C)(C)C)cs1. The van der Waals surface area contributed by atoms with Gasteiger partial charge < -0.3 is 5.32 Å². The number of hydrogen-bond donors (Lipinski definition) is 1. The van der Waals surface area contributed by atoms with Crippen LogP contribution >= 0.6 is 11.3 Å². The van der Waals surface area contributed by atoms with Gasteiger partial charge in [-0.2, -0.15) is 0 Å². The molecule has 1 aliphatic rings. The van der Waals surface area contributed by atoms with E-state index in [0.29, 0.717) is 6.04 Å². The molecule has 1 aromatic rings. The molecule has 2 rings (SSSR count). The fourth-order valence-corrected chi connectivity index (χ4v) is 3.65. The van der Waals surface area contributed by atoms with Gasteiger partial charge in [0.2, 0.25) is 0 Å². The smallest absolute Gasteiger partial charge is 0.0931 e. The molecule has 2 atom stereocenters. The quantitative estimate of drug-likeness (QED) is 0.881. The van der Waals surface area contributed by atoms with E-state index in [4.69, 9.17) is 4.98 Å². The lowest BCUT2D eigenvalue weighted by atomic mass is 9.72. The third-order valence-corrected chi connectivity index (χ3v) is 4.99. The zero-order valence-electron chi connectivity index (χ0n) is 13.0. The van der Waals surface area contributed by atoms with Crippen molar-refractivity contribution in [1.29, 1.82) is 0 Å². The highest BCUT2D eigenvalue weighted by Crippen LogP contribution is 2.37. The topological polar surface area (TPSA) is 24.9 Å². The van der Waals surface area contributed by atoms with Crippen molar-refractivity contribution < 1.29 is 0 Å². The Balaban J connectivity index is 1.86. The van der Waals surface area contributed by atoms with Gasteiger partial charge in [0, 0.05) is 23.3 Å². The lowest BCUT2D eigenvalue weighted by Gasteiger charge is -2.37. The molecule has 1 heterocycles. The average Bonchev–Trinajstić information content (AvgIpc) is 2.72. The van der Waals surface area contributed by atoms with Crippen LogP contribution in [0.5, 0.6) is 0 Å². The van der Waals surface area contributed by atoms with Crippen LogP contribution in [0.25, 0.3) is 0 Å². The van der Waals surface area contributed by atoms with Gasteiger partial charge in [0.05, 0.1) is 10.7 Å².